The van der Waals surface area contributed by atoms with Crippen molar-refractivity contribution in [3.8, 4) is 0 Å². The lowest BCUT2D eigenvalue weighted by molar-refractivity contribution is -0.127. The summed E-state index contributed by atoms with van der Waals surface area (Å²) in [4.78, 5) is 30.7. The maximum atomic E-state index is 12.9. The minimum atomic E-state index is -0.164. The Morgan fingerprint density at radius 2 is 2.14 bits per heavy atom. The number of hydrogen-bond donors (Lipinski definition) is 2. The fraction of sp³-hybridized carbons (Fsp3) is 0.391. The Kier molecular flexibility index (Phi) is 5.69. The van der Waals surface area contributed by atoms with Gasteiger partial charge >= 0.3 is 0 Å². The molecule has 0 bridgehead atoms. The maximum Gasteiger partial charge on any atom is 0.270 e. The highest BCUT2D eigenvalue weighted by Gasteiger charge is 2.30. The summed E-state index contributed by atoms with van der Waals surface area (Å²) in [6, 6.07) is 13.6. The topological polar surface area (TPSA) is 78.3 Å². The zero-order chi connectivity index (χ0) is 20.2. The molecule has 2 amide bonds. The standard InChI is InChI=1S/C23H27N3O3/c1-16(10-11-19-8-5-13-29-19)24-22(27)18-7-4-12-26(15-18)23(28)21-14-17-6-2-3-9-20(17)25-21/h2-3,5-6,8-9,13-14,16,18,25H,4,7,10-12,15H2,1H3,(H,24,27)/t16-,18-/m0/s1. The van der Waals surface area contributed by atoms with Gasteiger partial charge in [0.05, 0.1) is 12.2 Å². The van der Waals surface area contributed by atoms with Crippen molar-refractivity contribution in [2.24, 2.45) is 5.92 Å². The van der Waals surface area contributed by atoms with E-state index in [-0.39, 0.29) is 23.8 Å². The Balaban J connectivity index is 1.33. The van der Waals surface area contributed by atoms with Crippen molar-refractivity contribution in [3.05, 3.63) is 60.2 Å². The Labute approximate surface area is 170 Å². The lowest BCUT2D eigenvalue weighted by atomic mass is 9.96. The molecule has 0 unspecified atom stereocenters. The molecule has 6 heteroatoms. The number of furan rings is 1. The number of likely N-dealkylation sites (tertiary alicyclic amines) is 1. The number of aromatic amines is 1. The number of H-pyrrole nitrogens is 1. The number of rotatable bonds is 6. The van der Waals surface area contributed by atoms with Crippen molar-refractivity contribution in [2.45, 2.75) is 38.6 Å². The number of nitrogens with zero attached hydrogens (tertiary/aromatic N) is 1. The van der Waals surface area contributed by atoms with Crippen LogP contribution in [0.15, 0.2) is 53.1 Å². The van der Waals surface area contributed by atoms with Gasteiger partial charge in [-0.1, -0.05) is 18.2 Å². The van der Waals surface area contributed by atoms with Gasteiger partial charge in [-0.3, -0.25) is 9.59 Å². The van der Waals surface area contributed by atoms with Crippen molar-refractivity contribution >= 4 is 22.7 Å². The molecule has 4 rings (SSSR count). The monoisotopic (exact) mass is 393 g/mol. The molecule has 29 heavy (non-hydrogen) atoms. The van der Waals surface area contributed by atoms with Crippen molar-refractivity contribution in [3.63, 3.8) is 0 Å². The second kappa shape index (κ2) is 8.55. The van der Waals surface area contributed by atoms with Crippen LogP contribution in [-0.4, -0.2) is 40.8 Å². The Morgan fingerprint density at radius 3 is 2.93 bits per heavy atom. The summed E-state index contributed by atoms with van der Waals surface area (Å²) in [6.45, 7) is 3.16. The largest absolute Gasteiger partial charge is 0.469 e. The summed E-state index contributed by atoms with van der Waals surface area (Å²) in [7, 11) is 0. The predicted octanol–water partition coefficient (Wildman–Crippen LogP) is 3.75. The average Bonchev–Trinajstić information content (AvgIpc) is 3.41. The van der Waals surface area contributed by atoms with Gasteiger partial charge in [-0.05, 0) is 50.5 Å². The molecule has 3 aromatic rings. The molecule has 0 saturated carbocycles. The van der Waals surface area contributed by atoms with Crippen LogP contribution in [0.3, 0.4) is 0 Å². The quantitative estimate of drug-likeness (QED) is 0.669. The summed E-state index contributed by atoms with van der Waals surface area (Å²) < 4.78 is 5.35. The van der Waals surface area contributed by atoms with Gasteiger partial charge < -0.3 is 19.6 Å². The molecule has 1 fully saturated rings. The van der Waals surface area contributed by atoms with Gasteiger partial charge in [-0.15, -0.1) is 0 Å². The summed E-state index contributed by atoms with van der Waals surface area (Å²) in [5, 5.41) is 4.13. The molecule has 2 atom stereocenters. The van der Waals surface area contributed by atoms with E-state index in [2.05, 4.69) is 10.3 Å². The molecule has 0 spiro atoms. The SMILES string of the molecule is C[C@@H](CCc1ccco1)NC(=O)[C@H]1CCCN(C(=O)c2cc3ccccc3[nH]2)C1. The summed E-state index contributed by atoms with van der Waals surface area (Å²) in [5.41, 5.74) is 1.53. The first kappa shape index (κ1) is 19.3. The minimum Gasteiger partial charge on any atom is -0.469 e. The van der Waals surface area contributed by atoms with E-state index < -0.39 is 0 Å². The third-order valence-corrected chi connectivity index (χ3v) is 5.63. The molecule has 1 saturated heterocycles. The molecule has 152 valence electrons. The van der Waals surface area contributed by atoms with Crippen LogP contribution in [0.2, 0.25) is 0 Å². The van der Waals surface area contributed by atoms with Crippen LogP contribution in [0, 0.1) is 5.92 Å². The lowest BCUT2D eigenvalue weighted by Gasteiger charge is -2.32. The normalized spacial score (nSPS) is 18.0. The second-order valence-corrected chi connectivity index (χ2v) is 7.89. The third kappa shape index (κ3) is 4.53. The van der Waals surface area contributed by atoms with Crippen molar-refractivity contribution in [2.75, 3.05) is 13.1 Å². The van der Waals surface area contributed by atoms with E-state index in [1.54, 1.807) is 11.2 Å². The number of carbonyl (C=O) groups is 2. The van der Waals surface area contributed by atoms with Gasteiger partial charge in [0, 0.05) is 36.5 Å². The van der Waals surface area contributed by atoms with E-state index in [0.29, 0.717) is 18.8 Å². The van der Waals surface area contributed by atoms with Crippen LogP contribution >= 0.6 is 0 Å². The number of aromatic nitrogens is 1. The summed E-state index contributed by atoms with van der Waals surface area (Å²) in [6.07, 6.45) is 4.94. The fourth-order valence-electron chi connectivity index (χ4n) is 3.98. The van der Waals surface area contributed by atoms with Crippen LogP contribution in [0.5, 0.6) is 0 Å². The molecule has 6 nitrogen and oxygen atoms in total. The molecule has 1 aliphatic rings. The van der Waals surface area contributed by atoms with E-state index in [1.165, 1.54) is 0 Å². The average molecular weight is 393 g/mol. The Hall–Kier alpha value is -3.02. The van der Waals surface area contributed by atoms with Crippen LogP contribution in [0.4, 0.5) is 0 Å². The highest BCUT2D eigenvalue weighted by atomic mass is 16.3. The van der Waals surface area contributed by atoms with Crippen molar-refractivity contribution in [1.29, 1.82) is 0 Å². The van der Waals surface area contributed by atoms with Crippen LogP contribution in [0.1, 0.15) is 42.4 Å². The first-order valence-electron chi connectivity index (χ1n) is 10.3. The molecule has 1 aromatic carbocycles. The van der Waals surface area contributed by atoms with E-state index in [0.717, 1.165) is 42.3 Å². The first-order valence-corrected chi connectivity index (χ1v) is 10.3. The Morgan fingerprint density at radius 1 is 1.28 bits per heavy atom. The van der Waals surface area contributed by atoms with Crippen LogP contribution < -0.4 is 5.32 Å². The minimum absolute atomic E-state index is 0.0334. The first-order chi connectivity index (χ1) is 14.1. The number of para-hydroxylation sites is 1. The molecule has 1 aliphatic heterocycles. The zero-order valence-corrected chi connectivity index (χ0v) is 16.7. The van der Waals surface area contributed by atoms with Gasteiger partial charge in [0.25, 0.3) is 5.91 Å². The molecule has 0 aliphatic carbocycles. The molecule has 0 radical (unpaired) electrons. The number of carbonyl (C=O) groups excluding carboxylic acids is 2. The van der Waals surface area contributed by atoms with Crippen molar-refractivity contribution in [1.82, 2.24) is 15.2 Å². The van der Waals surface area contributed by atoms with E-state index in [9.17, 15) is 9.59 Å². The molecule has 2 N–H and O–H groups in total. The summed E-state index contributed by atoms with van der Waals surface area (Å²) >= 11 is 0. The zero-order valence-electron chi connectivity index (χ0n) is 16.7. The Bertz CT molecular complexity index is 943. The fourth-order valence-corrected chi connectivity index (χ4v) is 3.98. The van der Waals surface area contributed by atoms with Crippen LogP contribution in [0.25, 0.3) is 10.9 Å². The van der Waals surface area contributed by atoms with Gasteiger partial charge in [0.1, 0.15) is 11.5 Å². The van der Waals surface area contributed by atoms with E-state index >= 15 is 0 Å². The molecule has 2 aromatic heterocycles. The molecular formula is C23H27N3O3. The number of amides is 2. The molecular weight excluding hydrogens is 366 g/mol. The number of nitrogens with one attached hydrogen (secondary N) is 2. The van der Waals surface area contributed by atoms with Crippen molar-refractivity contribution < 1.29 is 14.0 Å². The highest BCUT2D eigenvalue weighted by molar-refractivity contribution is 5.98. The number of hydrogen-bond acceptors (Lipinski definition) is 3. The van der Waals surface area contributed by atoms with Crippen LogP contribution in [-0.2, 0) is 11.2 Å². The number of fused-ring (bicyclic) bond motifs is 1. The van der Waals surface area contributed by atoms with Gasteiger partial charge in [0.2, 0.25) is 5.91 Å². The van der Waals surface area contributed by atoms with Gasteiger partial charge in [-0.25, -0.2) is 0 Å². The smallest absolute Gasteiger partial charge is 0.270 e. The summed E-state index contributed by atoms with van der Waals surface area (Å²) in [5.74, 6) is 0.762. The predicted molar refractivity (Wildman–Crippen MR) is 112 cm³/mol. The maximum absolute atomic E-state index is 12.9. The van der Waals surface area contributed by atoms with E-state index in [1.807, 2.05) is 49.4 Å². The highest BCUT2D eigenvalue weighted by Crippen LogP contribution is 2.21. The number of benzene rings is 1. The molecule has 3 heterocycles. The number of piperidine rings is 1. The number of aryl methyl sites for hydroxylation is 1. The van der Waals surface area contributed by atoms with Gasteiger partial charge in [0.15, 0.2) is 0 Å². The van der Waals surface area contributed by atoms with Gasteiger partial charge in [-0.2, -0.15) is 0 Å². The van der Waals surface area contributed by atoms with E-state index in [4.69, 9.17) is 4.42 Å². The lowest BCUT2D eigenvalue weighted by Crippen LogP contribution is -2.47. The third-order valence-electron chi connectivity index (χ3n) is 5.63. The second-order valence-electron chi connectivity index (χ2n) is 7.89.